The van der Waals surface area contributed by atoms with Crippen molar-refractivity contribution in [3.05, 3.63) is 77.3 Å². The van der Waals surface area contributed by atoms with Crippen LogP contribution in [0.3, 0.4) is 0 Å². The number of thioether (sulfide) groups is 1. The number of sulfonamides is 1. The van der Waals surface area contributed by atoms with Crippen molar-refractivity contribution in [1.29, 1.82) is 0 Å². The van der Waals surface area contributed by atoms with Crippen molar-refractivity contribution >= 4 is 49.3 Å². The van der Waals surface area contributed by atoms with Crippen molar-refractivity contribution in [2.45, 2.75) is 10.6 Å². The Bertz CT molecular complexity index is 1130. The maximum absolute atomic E-state index is 13.2. The minimum Gasteiger partial charge on any atom is -0.260 e. The van der Waals surface area contributed by atoms with Gasteiger partial charge in [-0.25, -0.2) is 12.7 Å². The van der Waals surface area contributed by atoms with Gasteiger partial charge in [-0.2, -0.15) is 0 Å². The van der Waals surface area contributed by atoms with Crippen molar-refractivity contribution in [1.82, 2.24) is 4.31 Å². The largest absolute Gasteiger partial charge is 0.265 e. The second-order valence-corrected chi connectivity index (χ2v) is 9.34. The average molecular weight is 417 g/mol. The summed E-state index contributed by atoms with van der Waals surface area (Å²) in [5.41, 5.74) is 0.960. The summed E-state index contributed by atoms with van der Waals surface area (Å²) in [6.07, 6.45) is 0. The van der Waals surface area contributed by atoms with Crippen LogP contribution < -0.4 is 0 Å². The SMILES string of the molecule is O=S(=O)(c1ccc2ccccc2c1)N1CCN=C1SCc1ccccc1Cl. The van der Waals surface area contributed by atoms with E-state index in [-0.39, 0.29) is 4.90 Å². The standard InChI is InChI=1S/C20H17ClN2O2S2/c21-19-8-4-3-7-17(19)14-26-20-22-11-12-23(20)27(24,25)18-10-9-15-5-1-2-6-16(15)13-18/h1-10,13H,11-12,14H2. The molecule has 1 heterocycles. The van der Waals surface area contributed by atoms with Crippen LogP contribution in [0.15, 0.2) is 76.6 Å². The number of nitrogens with zero attached hydrogens (tertiary/aromatic N) is 2. The summed E-state index contributed by atoms with van der Waals surface area (Å²) < 4.78 is 27.7. The minimum atomic E-state index is -3.65. The van der Waals surface area contributed by atoms with Gasteiger partial charge in [0.05, 0.1) is 18.0 Å². The van der Waals surface area contributed by atoms with E-state index in [4.69, 9.17) is 11.6 Å². The van der Waals surface area contributed by atoms with Crippen molar-refractivity contribution in [2.75, 3.05) is 13.1 Å². The Hall–Kier alpha value is -2.02. The molecule has 0 atom stereocenters. The number of aliphatic imine (C=N–C) groups is 1. The number of rotatable bonds is 4. The van der Waals surface area contributed by atoms with Gasteiger partial charge in [-0.15, -0.1) is 0 Å². The molecule has 0 aliphatic carbocycles. The number of halogens is 1. The number of hydrogen-bond acceptors (Lipinski definition) is 4. The highest BCUT2D eigenvalue weighted by atomic mass is 35.5. The topological polar surface area (TPSA) is 49.7 Å². The third kappa shape index (κ3) is 3.70. The number of hydrogen-bond donors (Lipinski definition) is 0. The highest BCUT2D eigenvalue weighted by Gasteiger charge is 2.31. The molecule has 0 unspecified atom stereocenters. The lowest BCUT2D eigenvalue weighted by atomic mass is 10.1. The van der Waals surface area contributed by atoms with E-state index >= 15 is 0 Å². The summed E-state index contributed by atoms with van der Waals surface area (Å²) in [5, 5.41) is 3.11. The molecular formula is C20H17ClN2O2S2. The van der Waals surface area contributed by atoms with Crippen LogP contribution in [0, 0.1) is 0 Å². The van der Waals surface area contributed by atoms with Crippen LogP contribution in [-0.4, -0.2) is 31.0 Å². The van der Waals surface area contributed by atoms with E-state index < -0.39 is 10.0 Å². The monoisotopic (exact) mass is 416 g/mol. The molecule has 0 spiro atoms. The normalized spacial score (nSPS) is 14.6. The Morgan fingerprint density at radius 2 is 1.74 bits per heavy atom. The molecule has 1 aliphatic heterocycles. The van der Waals surface area contributed by atoms with E-state index in [1.165, 1.54) is 16.1 Å². The fraction of sp³-hybridized carbons (Fsp3) is 0.150. The van der Waals surface area contributed by atoms with Crippen molar-refractivity contribution < 1.29 is 8.42 Å². The summed E-state index contributed by atoms with van der Waals surface area (Å²) in [7, 11) is -3.65. The molecule has 0 aromatic heterocycles. The van der Waals surface area contributed by atoms with Crippen LogP contribution in [0.25, 0.3) is 10.8 Å². The molecular weight excluding hydrogens is 400 g/mol. The quantitative estimate of drug-likeness (QED) is 0.614. The molecule has 4 nitrogen and oxygen atoms in total. The predicted molar refractivity (Wildman–Crippen MR) is 113 cm³/mol. The summed E-state index contributed by atoms with van der Waals surface area (Å²) >= 11 is 7.60. The van der Waals surface area contributed by atoms with Gasteiger partial charge in [-0.3, -0.25) is 4.99 Å². The van der Waals surface area contributed by atoms with Gasteiger partial charge in [0, 0.05) is 10.8 Å². The van der Waals surface area contributed by atoms with Crippen molar-refractivity contribution in [3.8, 4) is 0 Å². The zero-order valence-electron chi connectivity index (χ0n) is 14.4. The zero-order chi connectivity index (χ0) is 18.9. The van der Waals surface area contributed by atoms with Crippen LogP contribution in [-0.2, 0) is 15.8 Å². The molecule has 0 amide bonds. The molecule has 7 heteroatoms. The predicted octanol–water partition coefficient (Wildman–Crippen LogP) is 4.79. The summed E-state index contributed by atoms with van der Waals surface area (Å²) in [6.45, 7) is 0.831. The van der Waals surface area contributed by atoms with Crippen molar-refractivity contribution in [2.24, 2.45) is 4.99 Å². The molecule has 3 aromatic carbocycles. The molecule has 0 fully saturated rings. The fourth-order valence-corrected chi connectivity index (χ4v) is 6.01. The van der Waals surface area contributed by atoms with Gasteiger partial charge in [0.25, 0.3) is 10.0 Å². The maximum atomic E-state index is 13.2. The molecule has 0 N–H and O–H groups in total. The van der Waals surface area contributed by atoms with Gasteiger partial charge in [-0.1, -0.05) is 71.9 Å². The Kier molecular flexibility index (Phi) is 5.12. The van der Waals surface area contributed by atoms with Gasteiger partial charge in [0.2, 0.25) is 0 Å². The first-order valence-electron chi connectivity index (χ1n) is 8.48. The summed E-state index contributed by atoms with van der Waals surface area (Å²) in [5.74, 6) is 0.572. The Labute approximate surface area is 167 Å². The lowest BCUT2D eigenvalue weighted by Crippen LogP contribution is -2.32. The van der Waals surface area contributed by atoms with Crippen LogP contribution in [0.5, 0.6) is 0 Å². The Balaban J connectivity index is 1.58. The summed E-state index contributed by atoms with van der Waals surface area (Å²) in [6, 6.07) is 20.5. The first-order chi connectivity index (χ1) is 13.1. The second kappa shape index (κ2) is 7.54. The number of fused-ring (bicyclic) bond motifs is 1. The van der Waals surface area contributed by atoms with Gasteiger partial charge >= 0.3 is 0 Å². The molecule has 0 radical (unpaired) electrons. The Morgan fingerprint density at radius 3 is 2.56 bits per heavy atom. The minimum absolute atomic E-state index is 0.286. The van der Waals surface area contributed by atoms with Gasteiger partial charge in [-0.05, 0) is 34.5 Å². The van der Waals surface area contributed by atoms with Crippen LogP contribution >= 0.6 is 23.4 Å². The van der Waals surface area contributed by atoms with Crippen LogP contribution in [0.4, 0.5) is 0 Å². The molecule has 0 saturated heterocycles. The second-order valence-electron chi connectivity index (χ2n) is 6.13. The van der Waals surface area contributed by atoms with Gasteiger partial charge < -0.3 is 0 Å². The first-order valence-corrected chi connectivity index (χ1v) is 11.3. The van der Waals surface area contributed by atoms with Crippen LogP contribution in [0.2, 0.25) is 5.02 Å². The lowest BCUT2D eigenvalue weighted by Gasteiger charge is -2.20. The molecule has 0 bridgehead atoms. The Morgan fingerprint density at radius 1 is 1.00 bits per heavy atom. The van der Waals surface area contributed by atoms with E-state index in [9.17, 15) is 8.42 Å². The zero-order valence-corrected chi connectivity index (χ0v) is 16.8. The molecule has 1 aliphatic rings. The summed E-state index contributed by atoms with van der Waals surface area (Å²) in [4.78, 5) is 4.69. The average Bonchev–Trinajstić information content (AvgIpc) is 3.16. The fourth-order valence-electron chi connectivity index (χ4n) is 2.96. The van der Waals surface area contributed by atoms with E-state index in [1.807, 2.05) is 54.6 Å². The molecule has 27 heavy (non-hydrogen) atoms. The van der Waals surface area contributed by atoms with Crippen molar-refractivity contribution in [3.63, 3.8) is 0 Å². The van der Waals surface area contributed by atoms with Gasteiger partial charge in [0.1, 0.15) is 0 Å². The van der Waals surface area contributed by atoms with E-state index in [0.717, 1.165) is 16.3 Å². The number of amidine groups is 1. The number of benzene rings is 3. The van der Waals surface area contributed by atoms with E-state index in [1.54, 1.807) is 12.1 Å². The lowest BCUT2D eigenvalue weighted by molar-refractivity contribution is 0.540. The molecule has 0 saturated carbocycles. The first kappa shape index (κ1) is 18.3. The third-order valence-electron chi connectivity index (χ3n) is 4.39. The van der Waals surface area contributed by atoms with E-state index in [0.29, 0.717) is 29.0 Å². The van der Waals surface area contributed by atoms with Crippen LogP contribution in [0.1, 0.15) is 5.56 Å². The molecule has 138 valence electrons. The maximum Gasteiger partial charge on any atom is 0.265 e. The molecule has 4 rings (SSSR count). The smallest absolute Gasteiger partial charge is 0.260 e. The van der Waals surface area contributed by atoms with E-state index in [2.05, 4.69) is 4.99 Å². The molecule has 3 aromatic rings. The third-order valence-corrected chi connectivity index (χ3v) is 7.72. The highest BCUT2D eigenvalue weighted by molar-refractivity contribution is 8.14. The highest BCUT2D eigenvalue weighted by Crippen LogP contribution is 2.29. The van der Waals surface area contributed by atoms with Gasteiger partial charge in [0.15, 0.2) is 5.17 Å².